The summed E-state index contributed by atoms with van der Waals surface area (Å²) in [5.74, 6) is -0.517. The second-order valence-electron chi connectivity index (χ2n) is 9.32. The van der Waals surface area contributed by atoms with E-state index in [-0.39, 0.29) is 17.7 Å². The molecule has 1 fully saturated rings. The molecule has 0 radical (unpaired) electrons. The molecule has 3 aromatic carbocycles. The van der Waals surface area contributed by atoms with Crippen molar-refractivity contribution in [2.45, 2.75) is 31.6 Å². The van der Waals surface area contributed by atoms with Gasteiger partial charge >= 0.3 is 0 Å². The zero-order valence-electron chi connectivity index (χ0n) is 20.8. The monoisotopic (exact) mass is 560 g/mol. The summed E-state index contributed by atoms with van der Waals surface area (Å²) in [5, 5.41) is 5.87. The zero-order chi connectivity index (χ0) is 26.0. The predicted octanol–water partition coefficient (Wildman–Crippen LogP) is 6.28. The number of nitrogen functional groups attached to an aromatic ring is 1. The molecule has 37 heavy (non-hydrogen) atoms. The highest BCUT2D eigenvalue weighted by Gasteiger charge is 2.21. The van der Waals surface area contributed by atoms with E-state index in [0.29, 0.717) is 11.4 Å². The molecule has 6 nitrogen and oxygen atoms in total. The van der Waals surface area contributed by atoms with Gasteiger partial charge in [-0.15, -0.1) is 0 Å². The van der Waals surface area contributed by atoms with Crippen molar-refractivity contribution < 1.29 is 9.59 Å². The molecule has 7 heteroatoms. The molecule has 0 aromatic heterocycles. The molecule has 1 unspecified atom stereocenters. The predicted molar refractivity (Wildman–Crippen MR) is 155 cm³/mol. The first-order valence-corrected chi connectivity index (χ1v) is 13.5. The van der Waals surface area contributed by atoms with E-state index in [2.05, 4.69) is 31.5 Å². The number of rotatable bonds is 10. The number of nitrogens with zero attached hydrogens (tertiary/aromatic N) is 1. The van der Waals surface area contributed by atoms with Gasteiger partial charge in [0.05, 0.1) is 17.3 Å². The molecule has 1 aliphatic rings. The highest BCUT2D eigenvalue weighted by molar-refractivity contribution is 9.10. The van der Waals surface area contributed by atoms with Gasteiger partial charge in [0, 0.05) is 16.2 Å². The van der Waals surface area contributed by atoms with Crippen molar-refractivity contribution in [1.82, 2.24) is 4.90 Å². The number of para-hydroxylation sites is 2. The van der Waals surface area contributed by atoms with Gasteiger partial charge in [0.25, 0.3) is 0 Å². The Morgan fingerprint density at radius 2 is 1.65 bits per heavy atom. The van der Waals surface area contributed by atoms with Crippen LogP contribution in [-0.4, -0.2) is 36.3 Å². The largest absolute Gasteiger partial charge is 0.397 e. The lowest BCUT2D eigenvalue weighted by molar-refractivity contribution is -0.117. The van der Waals surface area contributed by atoms with E-state index in [1.165, 1.54) is 18.9 Å². The molecular weight excluding hydrogens is 528 g/mol. The van der Waals surface area contributed by atoms with Crippen molar-refractivity contribution >= 4 is 50.9 Å². The van der Waals surface area contributed by atoms with Gasteiger partial charge in [0.2, 0.25) is 11.8 Å². The quantitative estimate of drug-likeness (QED) is 0.201. The van der Waals surface area contributed by atoms with Crippen molar-refractivity contribution in [3.8, 4) is 0 Å². The summed E-state index contributed by atoms with van der Waals surface area (Å²) in [6, 6.07) is 22.6. The lowest BCUT2D eigenvalue weighted by Gasteiger charge is -2.20. The van der Waals surface area contributed by atoms with E-state index in [4.69, 9.17) is 5.73 Å². The topological polar surface area (TPSA) is 87.5 Å². The summed E-state index contributed by atoms with van der Waals surface area (Å²) < 4.78 is 0.970. The third-order valence-corrected chi connectivity index (χ3v) is 7.11. The molecule has 3 aromatic rings. The van der Waals surface area contributed by atoms with Crippen LogP contribution in [0.5, 0.6) is 0 Å². The maximum Gasteiger partial charge on any atom is 0.248 e. The first kappa shape index (κ1) is 26.6. The molecule has 1 saturated heterocycles. The van der Waals surface area contributed by atoms with Crippen molar-refractivity contribution in [2.75, 3.05) is 36.0 Å². The third kappa shape index (κ3) is 8.03. The average molecular weight is 562 g/mol. The standard InChI is InChI=1S/C30H33BrN4O2/c31-24-14-16-25(17-15-24)33-30(37)26(6-5-21-35-19-3-4-20-35)23-12-9-22(10-13-23)11-18-29(36)34-28-8-2-1-7-27(28)32/h1-2,7-18,26H,3-6,19-21,32H2,(H,33,37)(H,34,36). The molecule has 1 heterocycles. The van der Waals surface area contributed by atoms with Gasteiger partial charge in [-0.2, -0.15) is 0 Å². The lowest BCUT2D eigenvalue weighted by atomic mass is 9.92. The Morgan fingerprint density at radius 1 is 0.946 bits per heavy atom. The highest BCUT2D eigenvalue weighted by Crippen LogP contribution is 2.26. The van der Waals surface area contributed by atoms with Crippen LogP contribution in [-0.2, 0) is 9.59 Å². The average Bonchev–Trinajstić information content (AvgIpc) is 3.42. The van der Waals surface area contributed by atoms with Crippen molar-refractivity contribution in [3.63, 3.8) is 0 Å². The number of halogens is 1. The van der Waals surface area contributed by atoms with E-state index in [0.717, 1.165) is 53.8 Å². The van der Waals surface area contributed by atoms with Gasteiger partial charge < -0.3 is 21.3 Å². The lowest BCUT2D eigenvalue weighted by Crippen LogP contribution is -2.24. The van der Waals surface area contributed by atoms with Gasteiger partial charge in [-0.25, -0.2) is 0 Å². The van der Waals surface area contributed by atoms with Crippen molar-refractivity contribution in [1.29, 1.82) is 0 Å². The SMILES string of the molecule is Nc1ccccc1NC(=O)C=Cc1ccc(C(CCCN2CCCC2)C(=O)Nc2ccc(Br)cc2)cc1. The Hall–Kier alpha value is -3.42. The van der Waals surface area contributed by atoms with Crippen LogP contribution in [0.15, 0.2) is 83.3 Å². The number of nitrogens with one attached hydrogen (secondary N) is 2. The molecule has 0 aliphatic carbocycles. The normalized spacial score (nSPS) is 14.5. The van der Waals surface area contributed by atoms with Gasteiger partial charge in [0.15, 0.2) is 0 Å². The number of hydrogen-bond acceptors (Lipinski definition) is 4. The Morgan fingerprint density at radius 3 is 2.35 bits per heavy atom. The van der Waals surface area contributed by atoms with Crippen molar-refractivity contribution in [3.05, 3.63) is 94.5 Å². The molecule has 2 amide bonds. The minimum absolute atomic E-state index is 0.00753. The molecule has 192 valence electrons. The van der Waals surface area contributed by atoms with Gasteiger partial charge in [-0.1, -0.05) is 52.3 Å². The number of hydrogen-bond donors (Lipinski definition) is 3. The van der Waals surface area contributed by atoms with Gasteiger partial charge in [-0.05, 0) is 98.9 Å². The Bertz CT molecular complexity index is 1220. The van der Waals surface area contributed by atoms with Crippen LogP contribution < -0.4 is 16.4 Å². The summed E-state index contributed by atoms with van der Waals surface area (Å²) >= 11 is 3.44. The van der Waals surface area contributed by atoms with E-state index >= 15 is 0 Å². The number of anilines is 3. The Labute approximate surface area is 227 Å². The minimum Gasteiger partial charge on any atom is -0.397 e. The fourth-order valence-electron chi connectivity index (χ4n) is 4.53. The van der Waals surface area contributed by atoms with Gasteiger partial charge in [0.1, 0.15) is 0 Å². The summed E-state index contributed by atoms with van der Waals surface area (Å²) in [4.78, 5) is 28.1. The van der Waals surface area contributed by atoms with E-state index in [1.54, 1.807) is 18.2 Å². The number of carbonyl (C=O) groups is 2. The molecule has 4 N–H and O–H groups in total. The van der Waals surface area contributed by atoms with Crippen LogP contribution in [0.25, 0.3) is 6.08 Å². The van der Waals surface area contributed by atoms with Crippen LogP contribution in [0.2, 0.25) is 0 Å². The number of amides is 2. The number of nitrogens with two attached hydrogens (primary N) is 1. The van der Waals surface area contributed by atoms with Crippen LogP contribution in [0.1, 0.15) is 42.7 Å². The number of likely N-dealkylation sites (tertiary alicyclic amines) is 1. The molecule has 1 atom stereocenters. The molecular formula is C30H33BrN4O2. The summed E-state index contributed by atoms with van der Waals surface area (Å²) in [6.45, 7) is 3.33. The maximum absolute atomic E-state index is 13.3. The fourth-order valence-corrected chi connectivity index (χ4v) is 4.80. The number of carbonyl (C=O) groups excluding carboxylic acids is 2. The van der Waals surface area contributed by atoms with Crippen LogP contribution in [0.3, 0.4) is 0 Å². The van der Waals surface area contributed by atoms with E-state index in [9.17, 15) is 9.59 Å². The van der Waals surface area contributed by atoms with E-state index in [1.807, 2.05) is 60.7 Å². The van der Waals surface area contributed by atoms with Crippen LogP contribution in [0.4, 0.5) is 17.1 Å². The summed E-state index contributed by atoms with van der Waals surface area (Å²) in [6.07, 6.45) is 7.49. The third-order valence-electron chi connectivity index (χ3n) is 6.58. The zero-order valence-corrected chi connectivity index (χ0v) is 22.4. The minimum atomic E-state index is -0.256. The summed E-state index contributed by atoms with van der Waals surface area (Å²) in [5.41, 5.74) is 9.62. The molecule has 0 saturated carbocycles. The summed E-state index contributed by atoms with van der Waals surface area (Å²) in [7, 11) is 0. The first-order chi connectivity index (χ1) is 18.0. The Kier molecular flexibility index (Phi) is 9.52. The second kappa shape index (κ2) is 13.2. The first-order valence-electron chi connectivity index (χ1n) is 12.7. The van der Waals surface area contributed by atoms with Crippen LogP contribution in [0, 0.1) is 0 Å². The molecule has 1 aliphatic heterocycles. The fraction of sp³-hybridized carbons (Fsp3) is 0.267. The Balaban J connectivity index is 1.41. The maximum atomic E-state index is 13.3. The smallest absolute Gasteiger partial charge is 0.248 e. The molecule has 0 bridgehead atoms. The second-order valence-corrected chi connectivity index (χ2v) is 10.2. The molecule has 4 rings (SSSR count). The van der Waals surface area contributed by atoms with Crippen LogP contribution >= 0.6 is 15.9 Å². The van der Waals surface area contributed by atoms with Gasteiger partial charge in [-0.3, -0.25) is 9.59 Å². The molecule has 0 spiro atoms. The van der Waals surface area contributed by atoms with E-state index < -0.39 is 0 Å². The van der Waals surface area contributed by atoms with Crippen molar-refractivity contribution in [2.24, 2.45) is 0 Å². The number of benzene rings is 3. The highest BCUT2D eigenvalue weighted by atomic mass is 79.9.